The fraction of sp³-hybridized carbons (Fsp3) is 0.947. The van der Waals surface area contributed by atoms with Crippen molar-refractivity contribution in [2.24, 2.45) is 23.7 Å². The lowest BCUT2D eigenvalue weighted by Crippen LogP contribution is -2.60. The van der Waals surface area contributed by atoms with Gasteiger partial charge in [0.2, 0.25) is 0 Å². The zero-order chi connectivity index (χ0) is 15.9. The fourth-order valence-corrected chi connectivity index (χ4v) is 6.13. The second-order valence-corrected chi connectivity index (χ2v) is 8.23. The largest absolute Gasteiger partial charge is 0.458 e. The Bertz CT molecular complexity index is 444. The second-order valence-electron chi connectivity index (χ2n) is 8.23. The third-order valence-electron chi connectivity index (χ3n) is 7.24. The Kier molecular flexibility index (Phi) is 4.39. The normalized spacial score (nSPS) is 43.3. The Labute approximate surface area is 139 Å². The molecule has 0 radical (unpaired) electrons. The van der Waals surface area contributed by atoms with Gasteiger partial charge in [-0.25, -0.2) is 0 Å². The van der Waals surface area contributed by atoms with E-state index in [9.17, 15) is 4.79 Å². The molecule has 4 heteroatoms. The number of rotatable bonds is 4. The quantitative estimate of drug-likeness (QED) is 0.746. The van der Waals surface area contributed by atoms with Gasteiger partial charge >= 0.3 is 5.97 Å². The minimum absolute atomic E-state index is 0.00317. The van der Waals surface area contributed by atoms with Gasteiger partial charge in [0.05, 0.1) is 19.8 Å². The maximum absolute atomic E-state index is 12.7. The summed E-state index contributed by atoms with van der Waals surface area (Å²) in [6.07, 6.45) is 9.02. The fourth-order valence-electron chi connectivity index (χ4n) is 6.13. The zero-order valence-electron chi connectivity index (χ0n) is 14.5. The first kappa shape index (κ1) is 15.9. The van der Waals surface area contributed by atoms with Gasteiger partial charge in [0.1, 0.15) is 5.60 Å². The van der Waals surface area contributed by atoms with Crippen LogP contribution >= 0.6 is 0 Å². The molecule has 0 aromatic rings. The number of esters is 1. The Morgan fingerprint density at radius 1 is 1.17 bits per heavy atom. The van der Waals surface area contributed by atoms with Crippen molar-refractivity contribution in [3.63, 3.8) is 0 Å². The highest BCUT2D eigenvalue weighted by Crippen LogP contribution is 2.59. The predicted molar refractivity (Wildman–Crippen MR) is 88.0 cm³/mol. The molecular weight excluding hydrogens is 290 g/mol. The maximum atomic E-state index is 12.7. The van der Waals surface area contributed by atoms with Crippen LogP contribution in [0.4, 0.5) is 0 Å². The number of nitrogens with zero attached hydrogens (tertiary/aromatic N) is 1. The van der Waals surface area contributed by atoms with Crippen LogP contribution in [-0.4, -0.2) is 49.3 Å². The van der Waals surface area contributed by atoms with Crippen molar-refractivity contribution >= 4 is 5.97 Å². The van der Waals surface area contributed by atoms with Crippen LogP contribution in [0.15, 0.2) is 0 Å². The third kappa shape index (κ3) is 2.82. The van der Waals surface area contributed by atoms with Gasteiger partial charge in [-0.1, -0.05) is 13.3 Å². The van der Waals surface area contributed by atoms with Crippen LogP contribution in [0.1, 0.15) is 51.9 Å². The van der Waals surface area contributed by atoms with Crippen molar-refractivity contribution in [1.29, 1.82) is 0 Å². The lowest BCUT2D eigenvalue weighted by atomic mass is 9.50. The monoisotopic (exact) mass is 321 g/mol. The Hall–Kier alpha value is -0.610. The number of morpholine rings is 1. The predicted octanol–water partition coefficient (Wildman–Crippen LogP) is 2.86. The molecule has 23 heavy (non-hydrogen) atoms. The molecule has 0 spiro atoms. The van der Waals surface area contributed by atoms with Crippen LogP contribution in [0.2, 0.25) is 0 Å². The van der Waals surface area contributed by atoms with Crippen molar-refractivity contribution in [1.82, 2.24) is 4.90 Å². The lowest BCUT2D eigenvalue weighted by Gasteiger charge is -2.59. The van der Waals surface area contributed by atoms with Gasteiger partial charge in [0, 0.05) is 19.0 Å². The van der Waals surface area contributed by atoms with E-state index in [0.717, 1.165) is 44.6 Å². The average molecular weight is 321 g/mol. The van der Waals surface area contributed by atoms with Crippen molar-refractivity contribution in [3.05, 3.63) is 0 Å². The van der Waals surface area contributed by atoms with E-state index in [1.807, 2.05) is 0 Å². The molecule has 4 aliphatic rings. The summed E-state index contributed by atoms with van der Waals surface area (Å²) in [6.45, 7) is 5.87. The van der Waals surface area contributed by atoms with Crippen LogP contribution < -0.4 is 0 Å². The van der Waals surface area contributed by atoms with E-state index in [2.05, 4.69) is 11.8 Å². The molecule has 4 fully saturated rings. The Balaban J connectivity index is 1.47. The average Bonchev–Trinajstić information content (AvgIpc) is 2.54. The molecule has 0 amide bonds. The van der Waals surface area contributed by atoms with Crippen LogP contribution in [0.25, 0.3) is 0 Å². The van der Waals surface area contributed by atoms with E-state index >= 15 is 0 Å². The van der Waals surface area contributed by atoms with Crippen molar-refractivity contribution in [2.45, 2.75) is 57.5 Å². The van der Waals surface area contributed by atoms with E-state index in [1.165, 1.54) is 38.5 Å². The van der Waals surface area contributed by atoms with Gasteiger partial charge < -0.3 is 9.47 Å². The number of fused-ring (bicyclic) bond motifs is 2. The van der Waals surface area contributed by atoms with Crippen molar-refractivity contribution in [3.8, 4) is 0 Å². The number of carbonyl (C=O) groups is 1. The minimum atomic E-state index is -0.150. The first-order valence-corrected chi connectivity index (χ1v) is 9.73. The van der Waals surface area contributed by atoms with Gasteiger partial charge in [-0.05, 0) is 56.3 Å². The molecule has 0 aromatic carbocycles. The summed E-state index contributed by atoms with van der Waals surface area (Å²) in [6, 6.07) is 0. The number of carbonyl (C=O) groups excluding carboxylic acids is 1. The second kappa shape index (κ2) is 6.36. The molecule has 4 unspecified atom stereocenters. The van der Waals surface area contributed by atoms with Crippen LogP contribution in [-0.2, 0) is 14.3 Å². The summed E-state index contributed by atoms with van der Waals surface area (Å²) >= 11 is 0. The molecule has 0 aromatic heterocycles. The topological polar surface area (TPSA) is 38.8 Å². The summed E-state index contributed by atoms with van der Waals surface area (Å²) in [7, 11) is 0. The molecule has 1 saturated heterocycles. The molecule has 4 rings (SSSR count). The molecule has 0 N–H and O–H groups in total. The lowest BCUT2D eigenvalue weighted by molar-refractivity contribution is -0.211. The highest BCUT2D eigenvalue weighted by molar-refractivity contribution is 5.72. The maximum Gasteiger partial charge on any atom is 0.320 e. The summed E-state index contributed by atoms with van der Waals surface area (Å²) in [4.78, 5) is 14.9. The first-order valence-electron chi connectivity index (χ1n) is 9.73. The standard InChI is InChI=1S/C19H31NO3/c1-2-19(23-18(21)13-20-7-9-22-10-8-20)16-6-5-15-4-3-14(11-16)12-17(15)19/h14-17H,2-13H2,1H3/t14?,15?,16-,17?,19?/m0/s1. The van der Waals surface area contributed by atoms with E-state index in [-0.39, 0.29) is 11.6 Å². The number of hydrogen-bond acceptors (Lipinski definition) is 4. The summed E-state index contributed by atoms with van der Waals surface area (Å²) in [5.41, 5.74) is -0.150. The first-order chi connectivity index (χ1) is 11.2. The molecule has 3 bridgehead atoms. The molecule has 5 atom stereocenters. The SMILES string of the molecule is CCC1(OC(=O)CN2CCOCC2)C2CC3CCC2CC[C@H]1C3. The van der Waals surface area contributed by atoms with Gasteiger partial charge in [-0.2, -0.15) is 0 Å². The van der Waals surface area contributed by atoms with Crippen molar-refractivity contribution in [2.75, 3.05) is 32.8 Å². The van der Waals surface area contributed by atoms with E-state index in [0.29, 0.717) is 18.4 Å². The smallest absolute Gasteiger partial charge is 0.320 e. The van der Waals surface area contributed by atoms with Gasteiger partial charge in [-0.3, -0.25) is 9.69 Å². The van der Waals surface area contributed by atoms with E-state index < -0.39 is 0 Å². The molecule has 3 saturated carbocycles. The molecule has 4 nitrogen and oxygen atoms in total. The third-order valence-corrected chi connectivity index (χ3v) is 7.24. The molecule has 1 heterocycles. The number of hydrogen-bond donors (Lipinski definition) is 0. The Morgan fingerprint density at radius 3 is 2.74 bits per heavy atom. The van der Waals surface area contributed by atoms with Crippen LogP contribution in [0.5, 0.6) is 0 Å². The van der Waals surface area contributed by atoms with Gasteiger partial charge in [0.15, 0.2) is 0 Å². The molecule has 130 valence electrons. The van der Waals surface area contributed by atoms with E-state index in [4.69, 9.17) is 9.47 Å². The van der Waals surface area contributed by atoms with E-state index in [1.54, 1.807) is 0 Å². The zero-order valence-corrected chi connectivity index (χ0v) is 14.5. The highest BCUT2D eigenvalue weighted by Gasteiger charge is 2.58. The highest BCUT2D eigenvalue weighted by atomic mass is 16.6. The van der Waals surface area contributed by atoms with Gasteiger partial charge in [-0.15, -0.1) is 0 Å². The van der Waals surface area contributed by atoms with Crippen molar-refractivity contribution < 1.29 is 14.3 Å². The summed E-state index contributed by atoms with van der Waals surface area (Å²) < 4.78 is 11.7. The summed E-state index contributed by atoms with van der Waals surface area (Å²) in [5, 5.41) is 0. The molecule has 3 aliphatic carbocycles. The Morgan fingerprint density at radius 2 is 1.96 bits per heavy atom. The molecule has 1 aliphatic heterocycles. The minimum Gasteiger partial charge on any atom is -0.458 e. The summed E-state index contributed by atoms with van der Waals surface area (Å²) in [5.74, 6) is 2.95. The van der Waals surface area contributed by atoms with Crippen LogP contribution in [0, 0.1) is 23.7 Å². The van der Waals surface area contributed by atoms with Crippen LogP contribution in [0.3, 0.4) is 0 Å². The molecular formula is C19H31NO3. The number of ether oxygens (including phenoxy) is 2. The van der Waals surface area contributed by atoms with Gasteiger partial charge in [0.25, 0.3) is 0 Å².